The number of rotatable bonds is 2. The van der Waals surface area contributed by atoms with Crippen molar-refractivity contribution in [2.24, 2.45) is 0 Å². The molecule has 1 heterocycles. The minimum Gasteiger partial charge on any atom is -0.278 e. The second-order valence-corrected chi connectivity index (χ2v) is 3.74. The van der Waals surface area contributed by atoms with E-state index >= 15 is 0 Å². The number of hydrogen-bond acceptors (Lipinski definition) is 3. The van der Waals surface area contributed by atoms with Crippen LogP contribution >= 0.6 is 11.6 Å². The maximum Gasteiger partial charge on any atom is 0.293 e. The van der Waals surface area contributed by atoms with Gasteiger partial charge in [-0.2, -0.15) is 0 Å². The fraction of sp³-hybridized carbons (Fsp3) is 0. The van der Waals surface area contributed by atoms with Crippen molar-refractivity contribution in [3.8, 4) is 5.69 Å². The van der Waals surface area contributed by atoms with Crippen molar-refractivity contribution in [3.05, 3.63) is 68.1 Å². The predicted molar refractivity (Wildman–Crippen MR) is 63.7 cm³/mol. The number of hydrogen-bond donors (Lipinski definition) is 0. The molecule has 0 saturated heterocycles. The standard InChI is InChI=1S/C11H7ClN2O3/c12-8-4-5-9(14(16)17)10(7-8)13-6-2-1-3-11(13)15/h1-7H. The first kappa shape index (κ1) is 11.3. The van der Waals surface area contributed by atoms with E-state index in [1.165, 1.54) is 35.0 Å². The Bertz CT molecular complexity index is 637. The lowest BCUT2D eigenvalue weighted by atomic mass is 10.2. The maximum atomic E-state index is 11.6. The molecule has 17 heavy (non-hydrogen) atoms. The summed E-state index contributed by atoms with van der Waals surface area (Å²) in [5.74, 6) is 0. The highest BCUT2D eigenvalue weighted by molar-refractivity contribution is 6.30. The summed E-state index contributed by atoms with van der Waals surface area (Å²) < 4.78 is 1.18. The molecule has 2 aromatic rings. The van der Waals surface area contributed by atoms with E-state index in [4.69, 9.17) is 11.6 Å². The van der Waals surface area contributed by atoms with E-state index in [1.54, 1.807) is 12.1 Å². The Labute approximate surface area is 101 Å². The van der Waals surface area contributed by atoms with Crippen molar-refractivity contribution < 1.29 is 4.92 Å². The first-order valence-corrected chi connectivity index (χ1v) is 5.09. The van der Waals surface area contributed by atoms with Crippen LogP contribution in [0.3, 0.4) is 0 Å². The quantitative estimate of drug-likeness (QED) is 0.607. The molecule has 0 radical (unpaired) electrons. The van der Waals surface area contributed by atoms with Gasteiger partial charge in [0.25, 0.3) is 11.2 Å². The molecule has 6 heteroatoms. The van der Waals surface area contributed by atoms with Gasteiger partial charge in [0.05, 0.1) is 4.92 Å². The lowest BCUT2D eigenvalue weighted by molar-refractivity contribution is -0.384. The minimum absolute atomic E-state index is 0.160. The van der Waals surface area contributed by atoms with Crippen molar-refractivity contribution >= 4 is 17.3 Å². The number of aromatic nitrogens is 1. The van der Waals surface area contributed by atoms with Crippen molar-refractivity contribution in [3.63, 3.8) is 0 Å². The highest BCUT2D eigenvalue weighted by atomic mass is 35.5. The maximum absolute atomic E-state index is 11.6. The highest BCUT2D eigenvalue weighted by Gasteiger charge is 2.15. The first-order chi connectivity index (χ1) is 8.09. The number of nitro benzene ring substituents is 1. The number of benzene rings is 1. The molecular formula is C11H7ClN2O3. The fourth-order valence-electron chi connectivity index (χ4n) is 1.47. The third-order valence-electron chi connectivity index (χ3n) is 2.22. The molecule has 0 fully saturated rings. The second-order valence-electron chi connectivity index (χ2n) is 3.30. The highest BCUT2D eigenvalue weighted by Crippen LogP contribution is 2.25. The van der Waals surface area contributed by atoms with Crippen LogP contribution in [0, 0.1) is 10.1 Å². The van der Waals surface area contributed by atoms with Gasteiger partial charge in [0.15, 0.2) is 0 Å². The van der Waals surface area contributed by atoms with Gasteiger partial charge in [0, 0.05) is 23.4 Å². The van der Waals surface area contributed by atoms with E-state index in [9.17, 15) is 14.9 Å². The van der Waals surface area contributed by atoms with E-state index in [0.717, 1.165) is 0 Å². The molecule has 0 unspecified atom stereocenters. The van der Waals surface area contributed by atoms with Crippen LogP contribution in [0.1, 0.15) is 0 Å². The Hall–Kier alpha value is -2.14. The van der Waals surface area contributed by atoms with E-state index in [0.29, 0.717) is 5.02 Å². The average Bonchev–Trinajstić information content (AvgIpc) is 2.29. The second kappa shape index (κ2) is 4.39. The number of nitrogens with zero attached hydrogens (tertiary/aromatic N) is 2. The van der Waals surface area contributed by atoms with Crippen LogP contribution < -0.4 is 5.56 Å². The summed E-state index contributed by atoms with van der Waals surface area (Å²) in [5, 5.41) is 11.2. The van der Waals surface area contributed by atoms with E-state index < -0.39 is 4.92 Å². The third kappa shape index (κ3) is 2.19. The summed E-state index contributed by atoms with van der Waals surface area (Å²) in [6, 6.07) is 8.58. The molecule has 86 valence electrons. The molecule has 1 aromatic carbocycles. The normalized spacial score (nSPS) is 10.2. The molecule has 0 aliphatic carbocycles. The number of halogens is 1. The zero-order chi connectivity index (χ0) is 12.4. The molecule has 0 aliphatic rings. The van der Waals surface area contributed by atoms with E-state index in [2.05, 4.69) is 0 Å². The van der Waals surface area contributed by atoms with Gasteiger partial charge in [-0.05, 0) is 18.2 Å². The van der Waals surface area contributed by atoms with Gasteiger partial charge in [-0.3, -0.25) is 19.5 Å². The van der Waals surface area contributed by atoms with E-state index in [-0.39, 0.29) is 16.9 Å². The molecule has 5 nitrogen and oxygen atoms in total. The van der Waals surface area contributed by atoms with Crippen LogP contribution in [0.4, 0.5) is 5.69 Å². The molecule has 0 N–H and O–H groups in total. The lowest BCUT2D eigenvalue weighted by Crippen LogP contribution is -2.16. The van der Waals surface area contributed by atoms with Crippen molar-refractivity contribution in [2.75, 3.05) is 0 Å². The zero-order valence-electron chi connectivity index (χ0n) is 8.54. The Morgan fingerprint density at radius 2 is 2.00 bits per heavy atom. The van der Waals surface area contributed by atoms with Crippen LogP contribution in [-0.2, 0) is 0 Å². The molecule has 0 spiro atoms. The van der Waals surface area contributed by atoms with E-state index in [1.807, 2.05) is 0 Å². The SMILES string of the molecule is O=c1ccccn1-c1cc(Cl)ccc1[N+](=O)[O-]. The van der Waals surface area contributed by atoms with Gasteiger partial charge in [0.1, 0.15) is 5.69 Å². The van der Waals surface area contributed by atoms with Crippen molar-refractivity contribution in [2.45, 2.75) is 0 Å². The molecule has 1 aromatic heterocycles. The van der Waals surface area contributed by atoms with Gasteiger partial charge < -0.3 is 0 Å². The van der Waals surface area contributed by atoms with Crippen LogP contribution in [0.15, 0.2) is 47.4 Å². The minimum atomic E-state index is -0.550. The molecule has 0 bridgehead atoms. The van der Waals surface area contributed by atoms with Gasteiger partial charge in [-0.25, -0.2) is 0 Å². The monoisotopic (exact) mass is 250 g/mol. The van der Waals surface area contributed by atoms with Gasteiger partial charge in [-0.1, -0.05) is 17.7 Å². The predicted octanol–water partition coefficient (Wildman–Crippen LogP) is 2.40. The van der Waals surface area contributed by atoms with Crippen LogP contribution in [0.5, 0.6) is 0 Å². The molecule has 0 atom stereocenters. The van der Waals surface area contributed by atoms with Crippen molar-refractivity contribution in [1.29, 1.82) is 0 Å². The topological polar surface area (TPSA) is 65.1 Å². The largest absolute Gasteiger partial charge is 0.293 e. The van der Waals surface area contributed by atoms with Gasteiger partial charge in [0.2, 0.25) is 0 Å². The van der Waals surface area contributed by atoms with Crippen LogP contribution in [-0.4, -0.2) is 9.49 Å². The Morgan fingerprint density at radius 3 is 2.65 bits per heavy atom. The molecule has 0 aliphatic heterocycles. The summed E-state index contributed by atoms with van der Waals surface area (Å²) in [6.45, 7) is 0. The lowest BCUT2D eigenvalue weighted by Gasteiger charge is -2.06. The van der Waals surface area contributed by atoms with Crippen LogP contribution in [0.2, 0.25) is 5.02 Å². The smallest absolute Gasteiger partial charge is 0.278 e. The fourth-order valence-corrected chi connectivity index (χ4v) is 1.64. The van der Waals surface area contributed by atoms with Gasteiger partial charge >= 0.3 is 0 Å². The average molecular weight is 251 g/mol. The summed E-state index contributed by atoms with van der Waals surface area (Å²) >= 11 is 5.79. The molecule has 0 amide bonds. The molecular weight excluding hydrogens is 244 g/mol. The molecule has 2 rings (SSSR count). The third-order valence-corrected chi connectivity index (χ3v) is 2.45. The number of nitro groups is 1. The summed E-state index contributed by atoms with van der Waals surface area (Å²) in [7, 11) is 0. The first-order valence-electron chi connectivity index (χ1n) is 4.71. The number of pyridine rings is 1. The summed E-state index contributed by atoms with van der Waals surface area (Å²) in [4.78, 5) is 21.9. The Kier molecular flexibility index (Phi) is 2.93. The van der Waals surface area contributed by atoms with Crippen molar-refractivity contribution in [1.82, 2.24) is 4.57 Å². The Morgan fingerprint density at radius 1 is 1.24 bits per heavy atom. The molecule has 0 saturated carbocycles. The van der Waals surface area contributed by atoms with Gasteiger partial charge in [-0.15, -0.1) is 0 Å². The Balaban J connectivity index is 2.74. The zero-order valence-corrected chi connectivity index (χ0v) is 9.29. The summed E-state index contributed by atoms with van der Waals surface area (Å²) in [6.07, 6.45) is 1.46. The van der Waals surface area contributed by atoms with Crippen LogP contribution in [0.25, 0.3) is 5.69 Å². The summed E-state index contributed by atoms with van der Waals surface area (Å²) in [5.41, 5.74) is -0.353.